The number of nitrogens with zero attached hydrogens (tertiary/aromatic N) is 5. The zero-order valence-corrected chi connectivity index (χ0v) is 14.3. The Morgan fingerprint density at radius 3 is 2.45 bits per heavy atom. The lowest BCUT2D eigenvalue weighted by molar-refractivity contribution is -0.142. The summed E-state index contributed by atoms with van der Waals surface area (Å²) in [5.41, 5.74) is -2.76. The van der Waals surface area contributed by atoms with Crippen LogP contribution in [-0.4, -0.2) is 30.8 Å². The van der Waals surface area contributed by atoms with Crippen molar-refractivity contribution in [1.29, 1.82) is 0 Å². The molecule has 3 aromatic rings. The molecular weight excluding hydrogens is 410 g/mol. The molecule has 1 amide bonds. The van der Waals surface area contributed by atoms with Gasteiger partial charge in [0.05, 0.1) is 6.54 Å². The third-order valence-electron chi connectivity index (χ3n) is 3.58. The van der Waals surface area contributed by atoms with Crippen molar-refractivity contribution in [2.75, 3.05) is 0 Å². The van der Waals surface area contributed by atoms with Gasteiger partial charge in [-0.25, -0.2) is 0 Å². The summed E-state index contributed by atoms with van der Waals surface area (Å²) in [6, 6.07) is 2.53. The molecule has 3 aromatic heterocycles. The monoisotopic (exact) mass is 420 g/mol. The number of hydrogen-bond acceptors (Lipinski definition) is 6. The molecule has 0 unspecified atom stereocenters. The van der Waals surface area contributed by atoms with Gasteiger partial charge in [0.15, 0.2) is 5.69 Å². The molecule has 0 aromatic carbocycles. The van der Waals surface area contributed by atoms with Crippen LogP contribution in [-0.2, 0) is 25.9 Å². The fourth-order valence-corrected chi connectivity index (χ4v) is 2.23. The number of rotatable bonds is 4. The number of alkyl halides is 6. The number of aromatic nitrogens is 5. The SMILES string of the molecule is Cn1nc(C(F)(F)F)cc1C(=O)NCc1nc(-c2ccnc(C(F)(F)F)c2)no1. The van der Waals surface area contributed by atoms with Crippen molar-refractivity contribution in [1.82, 2.24) is 30.2 Å². The predicted molar refractivity (Wildman–Crippen MR) is 81.9 cm³/mol. The summed E-state index contributed by atoms with van der Waals surface area (Å²) in [7, 11) is 1.16. The smallest absolute Gasteiger partial charge is 0.342 e. The van der Waals surface area contributed by atoms with Crippen LogP contribution in [0.2, 0.25) is 0 Å². The number of halogens is 6. The van der Waals surface area contributed by atoms with E-state index in [2.05, 4.69) is 25.5 Å². The van der Waals surface area contributed by atoms with Gasteiger partial charge in [0, 0.05) is 24.9 Å². The highest BCUT2D eigenvalue weighted by Crippen LogP contribution is 2.30. The number of hydrogen-bond donors (Lipinski definition) is 1. The van der Waals surface area contributed by atoms with Gasteiger partial charge >= 0.3 is 12.4 Å². The van der Waals surface area contributed by atoms with Crippen LogP contribution in [0.5, 0.6) is 0 Å². The standard InChI is InChI=1S/C15H10F6N6O2/c1-27-8(5-10(25-27)15(19,20)21)13(28)23-6-11-24-12(26-29-11)7-2-3-22-9(4-7)14(16,17)18/h2-5H,6H2,1H3,(H,23,28). The molecule has 1 N–H and O–H groups in total. The van der Waals surface area contributed by atoms with Crippen LogP contribution in [0.4, 0.5) is 26.3 Å². The lowest BCUT2D eigenvalue weighted by Crippen LogP contribution is -2.25. The van der Waals surface area contributed by atoms with E-state index in [9.17, 15) is 31.1 Å². The van der Waals surface area contributed by atoms with Crippen molar-refractivity contribution >= 4 is 5.91 Å². The highest BCUT2D eigenvalue weighted by molar-refractivity contribution is 5.92. The van der Waals surface area contributed by atoms with Crippen LogP contribution in [0.1, 0.15) is 27.8 Å². The van der Waals surface area contributed by atoms with E-state index >= 15 is 0 Å². The summed E-state index contributed by atoms with van der Waals surface area (Å²) in [6.45, 7) is -0.365. The first kappa shape index (κ1) is 20.3. The highest BCUT2D eigenvalue weighted by atomic mass is 19.4. The molecular formula is C15H10F6N6O2. The molecule has 0 bridgehead atoms. The number of carbonyl (C=O) groups is 1. The summed E-state index contributed by atoms with van der Waals surface area (Å²) in [4.78, 5) is 19.1. The van der Waals surface area contributed by atoms with Gasteiger partial charge in [-0.15, -0.1) is 0 Å². The quantitative estimate of drug-likeness (QED) is 0.652. The Balaban J connectivity index is 1.70. The first-order chi connectivity index (χ1) is 13.4. The predicted octanol–water partition coefficient (Wildman–Crippen LogP) is 2.83. The summed E-state index contributed by atoms with van der Waals surface area (Å²) in [6.07, 6.45) is -8.44. The van der Waals surface area contributed by atoms with E-state index in [1.54, 1.807) is 0 Å². The van der Waals surface area contributed by atoms with Crippen LogP contribution in [0.25, 0.3) is 11.4 Å². The second kappa shape index (κ2) is 7.18. The maximum atomic E-state index is 12.7. The number of nitrogens with one attached hydrogen (secondary N) is 1. The van der Waals surface area contributed by atoms with Crippen molar-refractivity contribution in [3.8, 4) is 11.4 Å². The Bertz CT molecular complexity index is 1040. The van der Waals surface area contributed by atoms with E-state index in [4.69, 9.17) is 4.52 Å². The Hall–Kier alpha value is -3.45. The topological polar surface area (TPSA) is 98.7 Å². The molecule has 0 saturated heterocycles. The Kier molecular flexibility index (Phi) is 5.02. The number of aryl methyl sites for hydroxylation is 1. The first-order valence-corrected chi connectivity index (χ1v) is 7.71. The molecule has 0 fully saturated rings. The zero-order valence-electron chi connectivity index (χ0n) is 14.3. The van der Waals surface area contributed by atoms with Crippen molar-refractivity contribution in [3.63, 3.8) is 0 Å². The van der Waals surface area contributed by atoms with E-state index < -0.39 is 29.6 Å². The summed E-state index contributed by atoms with van der Waals surface area (Å²) in [5, 5.41) is 8.99. The average Bonchev–Trinajstić information content (AvgIpc) is 3.25. The second-order valence-corrected chi connectivity index (χ2v) is 5.66. The molecule has 29 heavy (non-hydrogen) atoms. The van der Waals surface area contributed by atoms with Crippen LogP contribution >= 0.6 is 0 Å². The van der Waals surface area contributed by atoms with E-state index in [1.807, 2.05) is 0 Å². The van der Waals surface area contributed by atoms with Crippen LogP contribution < -0.4 is 5.32 Å². The molecule has 3 rings (SSSR count). The van der Waals surface area contributed by atoms with Crippen molar-refractivity contribution in [3.05, 3.63) is 47.4 Å². The normalized spacial score (nSPS) is 12.2. The van der Waals surface area contributed by atoms with Gasteiger partial charge in [0.1, 0.15) is 11.4 Å². The Labute approximate surface area is 157 Å². The molecule has 0 spiro atoms. The molecule has 0 aliphatic rings. The summed E-state index contributed by atoms with van der Waals surface area (Å²) < 4.78 is 81.7. The van der Waals surface area contributed by atoms with E-state index in [1.165, 1.54) is 6.07 Å². The fraction of sp³-hybridized carbons (Fsp3) is 0.267. The molecule has 0 radical (unpaired) electrons. The third kappa shape index (κ3) is 4.52. The van der Waals surface area contributed by atoms with Crippen LogP contribution in [0, 0.1) is 0 Å². The lowest BCUT2D eigenvalue weighted by atomic mass is 10.2. The maximum absolute atomic E-state index is 12.7. The van der Waals surface area contributed by atoms with Gasteiger partial charge in [-0.05, 0) is 12.1 Å². The van der Waals surface area contributed by atoms with Gasteiger partial charge in [-0.1, -0.05) is 5.16 Å². The molecule has 0 saturated carbocycles. The fourth-order valence-electron chi connectivity index (χ4n) is 2.23. The van der Waals surface area contributed by atoms with E-state index in [-0.39, 0.29) is 29.5 Å². The van der Waals surface area contributed by atoms with Crippen molar-refractivity contribution < 1.29 is 35.7 Å². The molecule has 14 heteroatoms. The Morgan fingerprint density at radius 2 is 1.83 bits per heavy atom. The van der Waals surface area contributed by atoms with Crippen LogP contribution in [0.3, 0.4) is 0 Å². The molecule has 8 nitrogen and oxygen atoms in total. The minimum atomic E-state index is -4.71. The molecule has 154 valence electrons. The largest absolute Gasteiger partial charge is 0.435 e. The van der Waals surface area contributed by atoms with Gasteiger partial charge < -0.3 is 9.84 Å². The van der Waals surface area contributed by atoms with Gasteiger partial charge in [0.2, 0.25) is 11.7 Å². The highest BCUT2D eigenvalue weighted by Gasteiger charge is 2.35. The maximum Gasteiger partial charge on any atom is 0.435 e. The minimum Gasteiger partial charge on any atom is -0.342 e. The van der Waals surface area contributed by atoms with E-state index in [0.29, 0.717) is 6.07 Å². The molecule has 0 aliphatic carbocycles. The van der Waals surface area contributed by atoms with Crippen molar-refractivity contribution in [2.45, 2.75) is 18.9 Å². The number of carbonyl (C=O) groups excluding carboxylic acids is 1. The Morgan fingerprint density at radius 1 is 1.14 bits per heavy atom. The van der Waals surface area contributed by atoms with Crippen LogP contribution in [0.15, 0.2) is 28.9 Å². The number of pyridine rings is 1. The minimum absolute atomic E-state index is 0.0184. The second-order valence-electron chi connectivity index (χ2n) is 5.66. The van der Waals surface area contributed by atoms with E-state index in [0.717, 1.165) is 24.0 Å². The molecule has 0 aliphatic heterocycles. The lowest BCUT2D eigenvalue weighted by Gasteiger charge is -2.05. The van der Waals surface area contributed by atoms with Gasteiger partial charge in [0.25, 0.3) is 5.91 Å². The zero-order chi connectivity index (χ0) is 21.4. The summed E-state index contributed by atoms with van der Waals surface area (Å²) >= 11 is 0. The average molecular weight is 420 g/mol. The first-order valence-electron chi connectivity index (χ1n) is 7.71. The van der Waals surface area contributed by atoms with Gasteiger partial charge in [-0.3, -0.25) is 14.5 Å². The molecule has 0 atom stereocenters. The summed E-state index contributed by atoms with van der Waals surface area (Å²) in [5.74, 6) is -1.24. The third-order valence-corrected chi connectivity index (χ3v) is 3.58. The van der Waals surface area contributed by atoms with Crippen molar-refractivity contribution in [2.24, 2.45) is 7.05 Å². The molecule has 3 heterocycles. The number of amides is 1. The van der Waals surface area contributed by atoms with Gasteiger partial charge in [-0.2, -0.15) is 36.4 Å².